The number of hydrogen-bond acceptors (Lipinski definition) is 5. The van der Waals surface area contributed by atoms with Gasteiger partial charge in [-0.1, -0.05) is 38.4 Å². The summed E-state index contributed by atoms with van der Waals surface area (Å²) in [6.07, 6.45) is 2.33. The van der Waals surface area contributed by atoms with Crippen molar-refractivity contribution in [3.05, 3.63) is 58.6 Å². The number of para-hydroxylation sites is 1. The van der Waals surface area contributed by atoms with Crippen LogP contribution >= 0.6 is 11.6 Å². The predicted octanol–water partition coefficient (Wildman–Crippen LogP) is 4.04. The lowest BCUT2D eigenvalue weighted by Crippen LogP contribution is -2.48. The van der Waals surface area contributed by atoms with Crippen LogP contribution in [0, 0.1) is 5.92 Å². The number of nitrogens with one attached hydrogen (secondary N) is 2. The maximum atomic E-state index is 12.7. The summed E-state index contributed by atoms with van der Waals surface area (Å²) in [6.45, 7) is 6.22. The van der Waals surface area contributed by atoms with Crippen LogP contribution < -0.4 is 20.2 Å². The topological polar surface area (TPSA) is 89.0 Å². The SMILES string of the molecule is CCCOc1c(/C=N\NC(=O)C(NC(=O)c2ccc(Cl)cc2)C(C)C)cccc1OC. The summed E-state index contributed by atoms with van der Waals surface area (Å²) >= 11 is 5.86. The molecule has 0 aliphatic rings. The van der Waals surface area contributed by atoms with Crippen LogP contribution in [-0.2, 0) is 4.79 Å². The Labute approximate surface area is 187 Å². The standard InChI is InChI=1S/C23H28ClN3O4/c1-5-13-31-21-17(7-6-8-19(21)30-4)14-25-27-23(29)20(15(2)3)26-22(28)16-9-11-18(24)12-10-16/h6-12,14-15,20H,5,13H2,1-4H3,(H,26,28)(H,27,29)/b25-14-. The molecule has 0 aromatic heterocycles. The fourth-order valence-corrected chi connectivity index (χ4v) is 2.88. The summed E-state index contributed by atoms with van der Waals surface area (Å²) in [7, 11) is 1.56. The molecule has 2 aromatic rings. The molecule has 0 radical (unpaired) electrons. The second-order valence-corrected chi connectivity index (χ2v) is 7.60. The van der Waals surface area contributed by atoms with E-state index in [0.29, 0.717) is 34.3 Å². The highest BCUT2D eigenvalue weighted by Gasteiger charge is 2.24. The normalized spacial score (nSPS) is 11.9. The van der Waals surface area contributed by atoms with Gasteiger partial charge in [0.2, 0.25) is 0 Å². The molecular weight excluding hydrogens is 418 g/mol. The van der Waals surface area contributed by atoms with Gasteiger partial charge in [-0.05, 0) is 48.7 Å². The molecule has 0 saturated heterocycles. The lowest BCUT2D eigenvalue weighted by Gasteiger charge is -2.20. The summed E-state index contributed by atoms with van der Waals surface area (Å²) < 4.78 is 11.1. The number of methoxy groups -OCH3 is 1. The average Bonchev–Trinajstić information content (AvgIpc) is 2.76. The monoisotopic (exact) mass is 445 g/mol. The Balaban J connectivity index is 2.09. The fraction of sp³-hybridized carbons (Fsp3) is 0.348. The first-order valence-corrected chi connectivity index (χ1v) is 10.4. The molecule has 2 rings (SSSR count). The molecule has 166 valence electrons. The van der Waals surface area contributed by atoms with E-state index >= 15 is 0 Å². The van der Waals surface area contributed by atoms with E-state index in [2.05, 4.69) is 15.8 Å². The van der Waals surface area contributed by atoms with E-state index < -0.39 is 11.9 Å². The zero-order valence-electron chi connectivity index (χ0n) is 18.1. The number of halogens is 1. The summed E-state index contributed by atoms with van der Waals surface area (Å²) in [6, 6.07) is 11.1. The van der Waals surface area contributed by atoms with E-state index in [9.17, 15) is 9.59 Å². The Morgan fingerprint density at radius 1 is 1.16 bits per heavy atom. The Hall–Kier alpha value is -3.06. The molecule has 1 atom stereocenters. The van der Waals surface area contributed by atoms with Crippen LogP contribution in [0.15, 0.2) is 47.6 Å². The van der Waals surface area contributed by atoms with Crippen molar-refractivity contribution < 1.29 is 19.1 Å². The molecular formula is C23H28ClN3O4. The third-order valence-corrected chi connectivity index (χ3v) is 4.65. The molecule has 2 N–H and O–H groups in total. The third kappa shape index (κ3) is 7.00. The average molecular weight is 446 g/mol. The Kier molecular flexibility index (Phi) is 9.34. The van der Waals surface area contributed by atoms with Crippen molar-refractivity contribution in [2.24, 2.45) is 11.0 Å². The molecule has 31 heavy (non-hydrogen) atoms. The van der Waals surface area contributed by atoms with Crippen molar-refractivity contribution in [3.8, 4) is 11.5 Å². The van der Waals surface area contributed by atoms with Crippen LogP contribution in [0.4, 0.5) is 0 Å². The predicted molar refractivity (Wildman–Crippen MR) is 122 cm³/mol. The molecule has 2 amide bonds. The summed E-state index contributed by atoms with van der Waals surface area (Å²) in [4.78, 5) is 25.1. The van der Waals surface area contributed by atoms with Crippen LogP contribution in [0.25, 0.3) is 0 Å². The number of nitrogens with zero attached hydrogens (tertiary/aromatic N) is 1. The number of hydrogen-bond donors (Lipinski definition) is 2. The van der Waals surface area contributed by atoms with Crippen LogP contribution in [0.3, 0.4) is 0 Å². The number of benzene rings is 2. The van der Waals surface area contributed by atoms with Gasteiger partial charge >= 0.3 is 0 Å². The molecule has 0 fully saturated rings. The minimum Gasteiger partial charge on any atom is -0.493 e. The first-order valence-electron chi connectivity index (χ1n) is 10.1. The lowest BCUT2D eigenvalue weighted by atomic mass is 10.0. The Bertz CT molecular complexity index is 914. The molecule has 8 heteroatoms. The van der Waals surface area contributed by atoms with Gasteiger partial charge in [-0.2, -0.15) is 5.10 Å². The maximum absolute atomic E-state index is 12.7. The molecule has 0 aliphatic carbocycles. The first kappa shape index (κ1) is 24.2. The van der Waals surface area contributed by atoms with Gasteiger partial charge in [-0.15, -0.1) is 0 Å². The Morgan fingerprint density at radius 3 is 2.48 bits per heavy atom. The molecule has 1 unspecified atom stereocenters. The van der Waals surface area contributed by atoms with Gasteiger partial charge in [0, 0.05) is 16.1 Å². The molecule has 0 aliphatic heterocycles. The fourth-order valence-electron chi connectivity index (χ4n) is 2.75. The van der Waals surface area contributed by atoms with Gasteiger partial charge in [0.15, 0.2) is 11.5 Å². The highest BCUT2D eigenvalue weighted by atomic mass is 35.5. The van der Waals surface area contributed by atoms with Crippen LogP contribution in [-0.4, -0.2) is 37.8 Å². The van der Waals surface area contributed by atoms with E-state index in [1.54, 1.807) is 37.4 Å². The minimum absolute atomic E-state index is 0.147. The number of amides is 2. The zero-order valence-corrected chi connectivity index (χ0v) is 18.9. The maximum Gasteiger partial charge on any atom is 0.262 e. The van der Waals surface area contributed by atoms with Gasteiger partial charge in [-0.3, -0.25) is 9.59 Å². The number of rotatable bonds is 10. The van der Waals surface area contributed by atoms with Crippen molar-refractivity contribution in [3.63, 3.8) is 0 Å². The van der Waals surface area contributed by atoms with Crippen LogP contribution in [0.1, 0.15) is 43.1 Å². The van der Waals surface area contributed by atoms with Gasteiger partial charge in [-0.25, -0.2) is 5.43 Å². The van der Waals surface area contributed by atoms with Gasteiger partial charge in [0.1, 0.15) is 6.04 Å². The highest BCUT2D eigenvalue weighted by molar-refractivity contribution is 6.30. The number of ether oxygens (including phenoxy) is 2. The summed E-state index contributed by atoms with van der Waals surface area (Å²) in [5.41, 5.74) is 3.58. The number of carbonyl (C=O) groups excluding carboxylic acids is 2. The Morgan fingerprint density at radius 2 is 1.87 bits per heavy atom. The second-order valence-electron chi connectivity index (χ2n) is 7.16. The van der Waals surface area contributed by atoms with E-state index in [-0.39, 0.29) is 11.8 Å². The molecule has 2 aromatic carbocycles. The van der Waals surface area contributed by atoms with Gasteiger partial charge in [0.25, 0.3) is 11.8 Å². The number of carbonyl (C=O) groups is 2. The molecule has 7 nitrogen and oxygen atoms in total. The highest BCUT2D eigenvalue weighted by Crippen LogP contribution is 2.30. The largest absolute Gasteiger partial charge is 0.493 e. The van der Waals surface area contributed by atoms with Crippen molar-refractivity contribution in [2.75, 3.05) is 13.7 Å². The molecule has 0 spiro atoms. The van der Waals surface area contributed by atoms with Crippen LogP contribution in [0.2, 0.25) is 5.02 Å². The van der Waals surface area contributed by atoms with Crippen molar-refractivity contribution in [1.82, 2.24) is 10.7 Å². The lowest BCUT2D eigenvalue weighted by molar-refractivity contribution is -0.123. The zero-order chi connectivity index (χ0) is 22.8. The molecule has 0 saturated carbocycles. The van der Waals surface area contributed by atoms with Crippen LogP contribution in [0.5, 0.6) is 11.5 Å². The summed E-state index contributed by atoms with van der Waals surface area (Å²) in [5, 5.41) is 7.33. The smallest absolute Gasteiger partial charge is 0.262 e. The van der Waals surface area contributed by atoms with Gasteiger partial charge < -0.3 is 14.8 Å². The van der Waals surface area contributed by atoms with Crippen molar-refractivity contribution in [2.45, 2.75) is 33.2 Å². The molecule has 0 bridgehead atoms. The van der Waals surface area contributed by atoms with E-state index in [4.69, 9.17) is 21.1 Å². The summed E-state index contributed by atoms with van der Waals surface area (Å²) in [5.74, 6) is 0.206. The second kappa shape index (κ2) is 12.0. The third-order valence-electron chi connectivity index (χ3n) is 4.40. The van der Waals surface area contributed by atoms with E-state index in [1.165, 1.54) is 6.21 Å². The molecule has 0 heterocycles. The first-order chi connectivity index (χ1) is 14.9. The number of hydrazone groups is 1. The van der Waals surface area contributed by atoms with Gasteiger partial charge in [0.05, 0.1) is 19.9 Å². The van der Waals surface area contributed by atoms with E-state index in [0.717, 1.165) is 6.42 Å². The van der Waals surface area contributed by atoms with Crippen molar-refractivity contribution >= 4 is 29.6 Å². The minimum atomic E-state index is -0.763. The quantitative estimate of drug-likeness (QED) is 0.426. The van der Waals surface area contributed by atoms with E-state index in [1.807, 2.05) is 32.9 Å². The van der Waals surface area contributed by atoms with Crippen molar-refractivity contribution in [1.29, 1.82) is 0 Å².